The van der Waals surface area contributed by atoms with E-state index in [1.165, 1.54) is 0 Å². The molecule has 0 spiro atoms. The number of hydrogen-bond donors (Lipinski definition) is 0. The van der Waals surface area contributed by atoms with Crippen LogP contribution in [0.2, 0.25) is 0 Å². The summed E-state index contributed by atoms with van der Waals surface area (Å²) in [5.41, 5.74) is 1.45. The molecular formula is C26H21IN6O3. The number of hydrogen-bond acceptors (Lipinski definition) is 9. The Morgan fingerprint density at radius 2 is 1.81 bits per heavy atom. The van der Waals surface area contributed by atoms with Crippen molar-refractivity contribution in [3.63, 3.8) is 0 Å². The first kappa shape index (κ1) is 23.9. The van der Waals surface area contributed by atoms with Gasteiger partial charge in [-0.1, -0.05) is 35.5 Å². The third-order valence-electron chi connectivity index (χ3n) is 6.23. The number of aromatic nitrogens is 4. The smallest absolute Gasteiger partial charge is 0.338 e. The summed E-state index contributed by atoms with van der Waals surface area (Å²) in [5.74, 6) is 0.694. The standard InChI is InChI=1S/C26H21IN6O3/c27-20-8-6-19(7-9-20)26(17-28)12-14-33(15-13-26)23-11-10-21(30-31-23)24-29-22(32-36-24)16-35-25(34)18-4-2-1-3-5-18/h1-11H,12-16H2. The van der Waals surface area contributed by atoms with Crippen molar-refractivity contribution in [2.24, 2.45) is 0 Å². The molecule has 1 fully saturated rings. The average molecular weight is 592 g/mol. The summed E-state index contributed by atoms with van der Waals surface area (Å²) in [6, 6.07) is 23.1. The van der Waals surface area contributed by atoms with Gasteiger partial charge >= 0.3 is 5.97 Å². The number of piperidine rings is 1. The molecule has 0 N–H and O–H groups in total. The third-order valence-corrected chi connectivity index (χ3v) is 6.95. The number of benzene rings is 2. The van der Waals surface area contributed by atoms with Crippen molar-refractivity contribution in [1.82, 2.24) is 20.3 Å². The van der Waals surface area contributed by atoms with E-state index in [4.69, 9.17) is 9.26 Å². The molecule has 3 heterocycles. The maximum Gasteiger partial charge on any atom is 0.338 e. The third kappa shape index (κ3) is 5.06. The zero-order valence-electron chi connectivity index (χ0n) is 19.2. The zero-order valence-corrected chi connectivity index (χ0v) is 21.3. The molecule has 0 unspecified atom stereocenters. The lowest BCUT2D eigenvalue weighted by atomic mass is 9.74. The van der Waals surface area contributed by atoms with E-state index in [9.17, 15) is 10.1 Å². The van der Waals surface area contributed by atoms with E-state index in [2.05, 4.69) is 66.0 Å². The normalized spacial score (nSPS) is 14.7. The molecule has 0 amide bonds. The van der Waals surface area contributed by atoms with Gasteiger partial charge in [0.15, 0.2) is 18.1 Å². The van der Waals surface area contributed by atoms with Gasteiger partial charge in [0.1, 0.15) is 0 Å². The van der Waals surface area contributed by atoms with Crippen LogP contribution in [-0.4, -0.2) is 39.4 Å². The average Bonchev–Trinajstić information content (AvgIpc) is 3.42. The number of esters is 1. The predicted molar refractivity (Wildman–Crippen MR) is 139 cm³/mol. The number of carbonyl (C=O) groups excluding carboxylic acids is 1. The van der Waals surface area contributed by atoms with Crippen LogP contribution in [0.4, 0.5) is 5.82 Å². The largest absolute Gasteiger partial charge is 0.454 e. The Balaban J connectivity index is 1.20. The number of rotatable bonds is 6. The molecule has 0 radical (unpaired) electrons. The van der Waals surface area contributed by atoms with Crippen molar-refractivity contribution in [1.29, 1.82) is 5.26 Å². The fourth-order valence-electron chi connectivity index (χ4n) is 4.16. The van der Waals surface area contributed by atoms with E-state index in [0.717, 1.165) is 15.0 Å². The van der Waals surface area contributed by atoms with Crippen LogP contribution in [0, 0.1) is 14.9 Å². The summed E-state index contributed by atoms with van der Waals surface area (Å²) >= 11 is 2.27. The van der Waals surface area contributed by atoms with Crippen molar-refractivity contribution < 1.29 is 14.1 Å². The summed E-state index contributed by atoms with van der Waals surface area (Å²) in [4.78, 5) is 18.5. The molecule has 4 aromatic rings. The number of nitriles is 1. The maximum absolute atomic E-state index is 12.1. The molecule has 1 aliphatic rings. The molecule has 0 atom stereocenters. The van der Waals surface area contributed by atoms with E-state index >= 15 is 0 Å². The van der Waals surface area contributed by atoms with Gasteiger partial charge in [0, 0.05) is 16.7 Å². The van der Waals surface area contributed by atoms with Crippen LogP contribution in [-0.2, 0) is 16.8 Å². The quantitative estimate of drug-likeness (QED) is 0.235. The maximum atomic E-state index is 12.1. The Kier molecular flexibility index (Phi) is 6.90. The van der Waals surface area contributed by atoms with Crippen molar-refractivity contribution in [2.75, 3.05) is 18.0 Å². The van der Waals surface area contributed by atoms with E-state index < -0.39 is 11.4 Å². The van der Waals surface area contributed by atoms with Gasteiger partial charge in [-0.3, -0.25) is 0 Å². The molecule has 2 aromatic carbocycles. The van der Waals surface area contributed by atoms with Gasteiger partial charge in [-0.25, -0.2) is 4.79 Å². The monoisotopic (exact) mass is 592 g/mol. The Hall–Kier alpha value is -3.85. The van der Waals surface area contributed by atoms with Gasteiger partial charge in [-0.2, -0.15) is 10.2 Å². The number of nitrogens with zero attached hydrogens (tertiary/aromatic N) is 6. The molecule has 9 nitrogen and oxygen atoms in total. The van der Waals surface area contributed by atoms with Crippen molar-refractivity contribution in [3.05, 3.63) is 87.3 Å². The molecule has 0 aliphatic carbocycles. The SMILES string of the molecule is N#CC1(c2ccc(I)cc2)CCN(c2ccc(-c3nc(COC(=O)c4ccccc4)no3)nn2)CC1. The fraction of sp³-hybridized carbons (Fsp3) is 0.231. The van der Waals surface area contributed by atoms with E-state index in [0.29, 0.717) is 37.2 Å². The lowest BCUT2D eigenvalue weighted by Crippen LogP contribution is -2.42. The molecule has 10 heteroatoms. The van der Waals surface area contributed by atoms with Gasteiger partial charge < -0.3 is 14.2 Å². The van der Waals surface area contributed by atoms with Crippen LogP contribution in [0.5, 0.6) is 0 Å². The Morgan fingerprint density at radius 3 is 2.47 bits per heavy atom. The molecule has 1 saturated heterocycles. The van der Waals surface area contributed by atoms with E-state index in [1.54, 1.807) is 30.3 Å². The molecule has 36 heavy (non-hydrogen) atoms. The Labute approximate surface area is 221 Å². The molecule has 2 aromatic heterocycles. The minimum Gasteiger partial charge on any atom is -0.454 e. The van der Waals surface area contributed by atoms with Crippen LogP contribution in [0.15, 0.2) is 71.3 Å². The summed E-state index contributed by atoms with van der Waals surface area (Å²) in [6.07, 6.45) is 1.42. The highest BCUT2D eigenvalue weighted by molar-refractivity contribution is 14.1. The van der Waals surface area contributed by atoms with Crippen molar-refractivity contribution >= 4 is 34.4 Å². The van der Waals surface area contributed by atoms with Crippen LogP contribution >= 0.6 is 22.6 Å². The summed E-state index contributed by atoms with van der Waals surface area (Å²) in [6.45, 7) is 1.29. The molecule has 0 bridgehead atoms. The Bertz CT molecular complexity index is 1380. The van der Waals surface area contributed by atoms with Crippen LogP contribution in [0.1, 0.15) is 34.6 Å². The highest BCUT2D eigenvalue weighted by Crippen LogP contribution is 2.36. The first-order valence-corrected chi connectivity index (χ1v) is 12.5. The molecule has 5 rings (SSSR count). The van der Waals surface area contributed by atoms with Crippen molar-refractivity contribution in [3.8, 4) is 17.7 Å². The predicted octanol–water partition coefficient (Wildman–Crippen LogP) is 4.55. The minimum atomic E-state index is -0.488. The number of carbonyl (C=O) groups is 1. The number of ether oxygens (including phenoxy) is 1. The number of halogens is 1. The molecular weight excluding hydrogens is 571 g/mol. The first-order valence-electron chi connectivity index (χ1n) is 11.4. The highest BCUT2D eigenvalue weighted by Gasteiger charge is 2.37. The Morgan fingerprint density at radius 1 is 1.06 bits per heavy atom. The fourth-order valence-corrected chi connectivity index (χ4v) is 4.52. The zero-order chi connectivity index (χ0) is 25.0. The highest BCUT2D eigenvalue weighted by atomic mass is 127. The summed E-state index contributed by atoms with van der Waals surface area (Å²) in [5, 5.41) is 22.4. The van der Waals surface area contributed by atoms with Gasteiger partial charge in [0.25, 0.3) is 5.89 Å². The van der Waals surface area contributed by atoms with Crippen LogP contribution < -0.4 is 4.90 Å². The second kappa shape index (κ2) is 10.4. The van der Waals surface area contributed by atoms with E-state index in [-0.39, 0.29) is 18.3 Å². The molecule has 0 saturated carbocycles. The van der Waals surface area contributed by atoms with Gasteiger partial charge in [0.05, 0.1) is 17.0 Å². The van der Waals surface area contributed by atoms with Gasteiger partial charge in [-0.05, 0) is 77.4 Å². The molecule has 180 valence electrons. The lowest BCUT2D eigenvalue weighted by Gasteiger charge is -2.38. The topological polar surface area (TPSA) is 118 Å². The first-order chi connectivity index (χ1) is 17.6. The second-order valence-corrected chi connectivity index (χ2v) is 9.67. The van der Waals surface area contributed by atoms with Crippen molar-refractivity contribution in [2.45, 2.75) is 24.9 Å². The van der Waals surface area contributed by atoms with Gasteiger partial charge in [-0.15, -0.1) is 10.2 Å². The summed E-state index contributed by atoms with van der Waals surface area (Å²) in [7, 11) is 0. The van der Waals surface area contributed by atoms with E-state index in [1.807, 2.05) is 24.3 Å². The minimum absolute atomic E-state index is 0.113. The summed E-state index contributed by atoms with van der Waals surface area (Å²) < 4.78 is 11.7. The second-order valence-electron chi connectivity index (χ2n) is 8.42. The van der Waals surface area contributed by atoms with Gasteiger partial charge in [0.2, 0.25) is 5.82 Å². The molecule has 1 aliphatic heterocycles. The van der Waals surface area contributed by atoms with Crippen LogP contribution in [0.25, 0.3) is 11.6 Å². The lowest BCUT2D eigenvalue weighted by molar-refractivity contribution is 0.0459. The van der Waals surface area contributed by atoms with Crippen LogP contribution in [0.3, 0.4) is 0 Å². The number of anilines is 1.